The first-order valence-corrected chi connectivity index (χ1v) is 7.40. The summed E-state index contributed by atoms with van der Waals surface area (Å²) >= 11 is 0. The van der Waals surface area contributed by atoms with E-state index in [2.05, 4.69) is 26.1 Å². The fraction of sp³-hybridized carbons (Fsp3) is 0.538. The van der Waals surface area contributed by atoms with Crippen molar-refractivity contribution in [1.29, 1.82) is 0 Å². The van der Waals surface area contributed by atoms with Crippen LogP contribution in [0.2, 0.25) is 0 Å². The number of hydrogen-bond donors (Lipinski definition) is 1. The Morgan fingerprint density at radius 3 is 2.53 bits per heavy atom. The summed E-state index contributed by atoms with van der Waals surface area (Å²) in [4.78, 5) is 0.448. The molecule has 3 nitrogen and oxygen atoms in total. The molecular formula is C13H19NO2S. The lowest BCUT2D eigenvalue weighted by Gasteiger charge is -2.26. The zero-order chi connectivity index (χ0) is 12.8. The minimum atomic E-state index is -3.17. The maximum Gasteiger partial charge on any atom is 0.184 e. The topological polar surface area (TPSA) is 46.2 Å². The molecule has 0 fully saturated rings. The predicted octanol–water partition coefficient (Wildman–Crippen LogP) is 2.57. The summed E-state index contributed by atoms with van der Waals surface area (Å²) in [6.07, 6.45) is 0. The van der Waals surface area contributed by atoms with Crippen LogP contribution < -0.4 is 5.32 Å². The second kappa shape index (κ2) is 3.73. The van der Waals surface area contributed by atoms with Gasteiger partial charge in [0.25, 0.3) is 0 Å². The van der Waals surface area contributed by atoms with Crippen molar-refractivity contribution in [2.45, 2.75) is 43.3 Å². The van der Waals surface area contributed by atoms with Gasteiger partial charge in [0.2, 0.25) is 0 Å². The van der Waals surface area contributed by atoms with Crippen LogP contribution in [0.4, 0.5) is 5.69 Å². The minimum Gasteiger partial charge on any atom is -0.383 e. The first-order chi connectivity index (χ1) is 7.73. The number of rotatable bonds is 0. The molecule has 0 radical (unpaired) electrons. The second-order valence-corrected chi connectivity index (χ2v) is 8.03. The summed E-state index contributed by atoms with van der Waals surface area (Å²) < 4.78 is 24.5. The monoisotopic (exact) mass is 253 g/mol. The standard InChI is InChI=1S/C13H19NO2S/c1-9-8-14-11-6-5-10(13(2,3)4)7-12(11)17(9,15)16/h5-7,9,14H,8H2,1-4H3. The summed E-state index contributed by atoms with van der Waals surface area (Å²) in [5, 5.41) is 2.81. The minimum absolute atomic E-state index is 0.0365. The summed E-state index contributed by atoms with van der Waals surface area (Å²) in [6.45, 7) is 8.49. The van der Waals surface area contributed by atoms with Crippen LogP contribution in [0.25, 0.3) is 0 Å². The van der Waals surface area contributed by atoms with Crippen molar-refractivity contribution in [2.75, 3.05) is 11.9 Å². The van der Waals surface area contributed by atoms with Crippen molar-refractivity contribution < 1.29 is 8.42 Å². The van der Waals surface area contributed by atoms with E-state index in [9.17, 15) is 8.42 Å². The maximum absolute atomic E-state index is 12.2. The molecule has 1 aliphatic rings. The number of fused-ring (bicyclic) bond motifs is 1. The van der Waals surface area contributed by atoms with Gasteiger partial charge in [0.15, 0.2) is 9.84 Å². The molecule has 0 spiro atoms. The van der Waals surface area contributed by atoms with Gasteiger partial charge in [-0.1, -0.05) is 26.8 Å². The quantitative estimate of drug-likeness (QED) is 0.773. The Kier molecular flexibility index (Phi) is 2.73. The summed E-state index contributed by atoms with van der Waals surface area (Å²) in [5.41, 5.74) is 1.75. The van der Waals surface area contributed by atoms with Gasteiger partial charge in [0.1, 0.15) is 0 Å². The Morgan fingerprint density at radius 2 is 1.94 bits per heavy atom. The van der Waals surface area contributed by atoms with Crippen molar-refractivity contribution in [1.82, 2.24) is 0 Å². The van der Waals surface area contributed by atoms with E-state index in [0.717, 1.165) is 11.3 Å². The molecule has 0 saturated heterocycles. The normalized spacial score (nSPS) is 22.7. The average molecular weight is 253 g/mol. The molecule has 0 aliphatic carbocycles. The fourth-order valence-corrected chi connectivity index (χ4v) is 3.42. The molecule has 0 amide bonds. The van der Waals surface area contributed by atoms with Gasteiger partial charge in [0, 0.05) is 6.54 Å². The summed E-state index contributed by atoms with van der Waals surface area (Å²) in [5.74, 6) is 0. The van der Waals surface area contributed by atoms with Crippen molar-refractivity contribution in [3.05, 3.63) is 23.8 Å². The molecule has 1 N–H and O–H groups in total. The molecule has 2 rings (SSSR count). The van der Waals surface area contributed by atoms with E-state index in [1.165, 1.54) is 0 Å². The van der Waals surface area contributed by atoms with Crippen LogP contribution in [-0.2, 0) is 15.3 Å². The van der Waals surface area contributed by atoms with Gasteiger partial charge in [-0.15, -0.1) is 0 Å². The lowest BCUT2D eigenvalue weighted by molar-refractivity contribution is 0.576. The van der Waals surface area contributed by atoms with Gasteiger partial charge in [-0.25, -0.2) is 8.42 Å². The van der Waals surface area contributed by atoms with Crippen molar-refractivity contribution in [3.63, 3.8) is 0 Å². The van der Waals surface area contributed by atoms with Gasteiger partial charge < -0.3 is 5.32 Å². The van der Waals surface area contributed by atoms with E-state index in [-0.39, 0.29) is 10.7 Å². The molecule has 17 heavy (non-hydrogen) atoms. The Morgan fingerprint density at radius 1 is 1.29 bits per heavy atom. The molecule has 0 saturated carbocycles. The van der Waals surface area contributed by atoms with E-state index in [1.54, 1.807) is 6.92 Å². The highest BCUT2D eigenvalue weighted by atomic mass is 32.2. The molecule has 1 aromatic rings. The molecular weight excluding hydrogens is 234 g/mol. The number of hydrogen-bond acceptors (Lipinski definition) is 3. The smallest absolute Gasteiger partial charge is 0.184 e. The van der Waals surface area contributed by atoms with Crippen LogP contribution in [0.1, 0.15) is 33.3 Å². The highest BCUT2D eigenvalue weighted by molar-refractivity contribution is 7.92. The highest BCUT2D eigenvalue weighted by Gasteiger charge is 2.31. The van der Waals surface area contributed by atoms with E-state index >= 15 is 0 Å². The molecule has 0 aromatic heterocycles. The van der Waals surface area contributed by atoms with E-state index < -0.39 is 9.84 Å². The Labute approximate surface area is 103 Å². The molecule has 4 heteroatoms. The summed E-state index contributed by atoms with van der Waals surface area (Å²) in [6, 6.07) is 5.68. The van der Waals surface area contributed by atoms with E-state index in [1.807, 2.05) is 18.2 Å². The van der Waals surface area contributed by atoms with E-state index in [4.69, 9.17) is 0 Å². The zero-order valence-electron chi connectivity index (χ0n) is 10.7. The average Bonchev–Trinajstić information content (AvgIpc) is 2.22. The van der Waals surface area contributed by atoms with Gasteiger partial charge in [-0.05, 0) is 30.0 Å². The van der Waals surface area contributed by atoms with Crippen LogP contribution in [0.5, 0.6) is 0 Å². The predicted molar refractivity (Wildman–Crippen MR) is 70.3 cm³/mol. The van der Waals surface area contributed by atoms with Gasteiger partial charge >= 0.3 is 0 Å². The third-order valence-electron chi connectivity index (χ3n) is 3.26. The molecule has 1 aliphatic heterocycles. The van der Waals surface area contributed by atoms with Gasteiger partial charge in [0.05, 0.1) is 15.8 Å². The van der Waals surface area contributed by atoms with Crippen LogP contribution in [0, 0.1) is 0 Å². The van der Waals surface area contributed by atoms with Gasteiger partial charge in [-0.3, -0.25) is 0 Å². The largest absolute Gasteiger partial charge is 0.383 e. The maximum atomic E-state index is 12.2. The highest BCUT2D eigenvalue weighted by Crippen LogP contribution is 2.33. The first-order valence-electron chi connectivity index (χ1n) is 5.85. The third-order valence-corrected chi connectivity index (χ3v) is 5.44. The lowest BCUT2D eigenvalue weighted by atomic mass is 9.87. The Hall–Kier alpha value is -1.03. The summed E-state index contributed by atoms with van der Waals surface area (Å²) in [7, 11) is -3.17. The Balaban J connectivity index is 2.62. The van der Waals surface area contributed by atoms with Crippen molar-refractivity contribution in [2.24, 2.45) is 0 Å². The number of sulfone groups is 1. The lowest BCUT2D eigenvalue weighted by Crippen LogP contribution is -2.32. The zero-order valence-corrected chi connectivity index (χ0v) is 11.6. The molecule has 1 aromatic carbocycles. The number of nitrogens with one attached hydrogen (secondary N) is 1. The number of anilines is 1. The fourth-order valence-electron chi connectivity index (χ4n) is 1.95. The SMILES string of the molecule is CC1CNc2ccc(C(C)(C)C)cc2S1(=O)=O. The first kappa shape index (κ1) is 12.4. The third kappa shape index (κ3) is 2.06. The van der Waals surface area contributed by atoms with Crippen LogP contribution >= 0.6 is 0 Å². The van der Waals surface area contributed by atoms with Crippen LogP contribution in [0.3, 0.4) is 0 Å². The molecule has 0 bridgehead atoms. The number of benzene rings is 1. The molecule has 1 atom stereocenters. The van der Waals surface area contributed by atoms with Crippen molar-refractivity contribution in [3.8, 4) is 0 Å². The van der Waals surface area contributed by atoms with E-state index in [0.29, 0.717) is 11.4 Å². The molecule has 1 unspecified atom stereocenters. The van der Waals surface area contributed by atoms with Crippen LogP contribution in [-0.4, -0.2) is 20.2 Å². The van der Waals surface area contributed by atoms with Crippen molar-refractivity contribution >= 4 is 15.5 Å². The molecule has 1 heterocycles. The second-order valence-electron chi connectivity index (χ2n) is 5.70. The van der Waals surface area contributed by atoms with Gasteiger partial charge in [-0.2, -0.15) is 0 Å². The van der Waals surface area contributed by atoms with Crippen LogP contribution in [0.15, 0.2) is 23.1 Å². The molecule has 94 valence electrons. The Bertz CT molecular complexity index is 541.